The Kier molecular flexibility index (Phi) is 5.09. The van der Waals surface area contributed by atoms with Crippen LogP contribution >= 0.6 is 0 Å². The van der Waals surface area contributed by atoms with Gasteiger partial charge in [0.05, 0.1) is 0 Å². The van der Waals surface area contributed by atoms with Crippen molar-refractivity contribution in [3.05, 3.63) is 0 Å². The van der Waals surface area contributed by atoms with Gasteiger partial charge in [0.2, 0.25) is 0 Å². The zero-order chi connectivity index (χ0) is 7.11. The lowest BCUT2D eigenvalue weighted by atomic mass is 10.3. The second kappa shape index (κ2) is 5.49. The Morgan fingerprint density at radius 2 is 2.44 bits per heavy atom. The summed E-state index contributed by atoms with van der Waals surface area (Å²) in [6.07, 6.45) is 1.10. The number of hydrogen-bond acceptors (Lipinski definition) is 5. The molecule has 0 amide bonds. The summed E-state index contributed by atoms with van der Waals surface area (Å²) in [6, 6.07) is 0. The molecule has 0 saturated heterocycles. The molecule has 9 heavy (non-hydrogen) atoms. The Balaban J connectivity index is 3.06. The lowest BCUT2D eigenvalue weighted by molar-refractivity contribution is -0.193. The van der Waals surface area contributed by atoms with Crippen LogP contribution in [0.4, 0.5) is 0 Å². The number of nitrogens with one attached hydrogen (secondary N) is 1. The second-order valence-electron chi connectivity index (χ2n) is 1.43. The summed E-state index contributed by atoms with van der Waals surface area (Å²) in [5.74, 6) is 4.10. The number of rotatable bonds is 4. The van der Waals surface area contributed by atoms with E-state index in [9.17, 15) is 4.79 Å². The molecule has 0 aliphatic rings. The maximum Gasteiger partial charge on any atom is 0.327 e. The van der Waals surface area contributed by atoms with Gasteiger partial charge in [-0.15, -0.1) is 0 Å². The van der Waals surface area contributed by atoms with Crippen molar-refractivity contribution in [3.8, 4) is 0 Å². The molecule has 0 spiro atoms. The van der Waals surface area contributed by atoms with Crippen LogP contribution in [-0.2, 0) is 14.6 Å². The number of nitrogens with two attached hydrogens (primary N) is 1. The third kappa shape index (κ3) is 5.22. The van der Waals surface area contributed by atoms with Crippen LogP contribution in [0, 0.1) is 0 Å². The molecule has 3 N–H and O–H groups in total. The van der Waals surface area contributed by atoms with E-state index in [1.165, 1.54) is 0 Å². The predicted octanol–water partition coefficient (Wildman–Crippen LogP) is -0.360. The highest BCUT2D eigenvalue weighted by atomic mass is 17.0. The summed E-state index contributed by atoms with van der Waals surface area (Å²) in [6.45, 7) is 1.87. The zero-order valence-electron chi connectivity index (χ0n) is 5.22. The van der Waals surface area contributed by atoms with E-state index in [-0.39, 0.29) is 5.97 Å². The molecule has 5 nitrogen and oxygen atoms in total. The molecular formula is C4H10N2O3. The highest BCUT2D eigenvalue weighted by Crippen LogP contribution is 1.87. The molecule has 0 radical (unpaired) electrons. The molecule has 5 heteroatoms. The van der Waals surface area contributed by atoms with Crippen LogP contribution in [0.1, 0.15) is 19.8 Å². The van der Waals surface area contributed by atoms with Crippen LogP contribution in [0.5, 0.6) is 0 Å². The van der Waals surface area contributed by atoms with Crippen molar-refractivity contribution >= 4 is 5.97 Å². The fourth-order valence-electron chi connectivity index (χ4n) is 0.326. The minimum Gasteiger partial charge on any atom is -0.344 e. The van der Waals surface area contributed by atoms with Crippen LogP contribution in [0.3, 0.4) is 0 Å². The first-order valence-electron chi connectivity index (χ1n) is 2.61. The summed E-state index contributed by atoms with van der Waals surface area (Å²) >= 11 is 0. The average Bonchev–Trinajstić information content (AvgIpc) is 1.85. The first kappa shape index (κ1) is 8.35. The fraction of sp³-hybridized carbons (Fsp3) is 0.750. The van der Waals surface area contributed by atoms with Gasteiger partial charge in [0.25, 0.3) is 0 Å². The lowest BCUT2D eigenvalue weighted by Crippen LogP contribution is -2.23. The molecule has 0 aromatic rings. The topological polar surface area (TPSA) is 73.6 Å². The molecule has 0 atom stereocenters. The van der Waals surface area contributed by atoms with Crippen LogP contribution in [-0.4, -0.2) is 5.97 Å². The summed E-state index contributed by atoms with van der Waals surface area (Å²) in [5.41, 5.74) is 1.76. The largest absolute Gasteiger partial charge is 0.344 e. The molecule has 0 aliphatic carbocycles. The Morgan fingerprint density at radius 1 is 1.78 bits per heavy atom. The molecule has 0 rings (SSSR count). The van der Waals surface area contributed by atoms with Gasteiger partial charge in [0.15, 0.2) is 0 Å². The molecule has 0 unspecified atom stereocenters. The minimum atomic E-state index is -0.386. The maximum atomic E-state index is 10.4. The smallest absolute Gasteiger partial charge is 0.327 e. The summed E-state index contributed by atoms with van der Waals surface area (Å²) in [4.78, 5) is 18.3. The first-order chi connectivity index (χ1) is 4.31. The molecule has 54 valence electrons. The van der Waals surface area contributed by atoms with Gasteiger partial charge < -0.3 is 4.84 Å². The van der Waals surface area contributed by atoms with Crippen molar-refractivity contribution in [2.24, 2.45) is 5.90 Å². The van der Waals surface area contributed by atoms with Crippen molar-refractivity contribution < 1.29 is 14.6 Å². The summed E-state index contributed by atoms with van der Waals surface area (Å²) < 4.78 is 0. The number of carbonyl (C=O) groups excluding carboxylic acids is 1. The third-order valence-corrected chi connectivity index (χ3v) is 0.658. The van der Waals surface area contributed by atoms with Crippen molar-refractivity contribution in [3.63, 3.8) is 0 Å². The van der Waals surface area contributed by atoms with Gasteiger partial charge in [-0.1, -0.05) is 6.92 Å². The summed E-state index contributed by atoms with van der Waals surface area (Å²) in [7, 11) is 0. The van der Waals surface area contributed by atoms with Gasteiger partial charge in [-0.2, -0.15) is 10.8 Å². The van der Waals surface area contributed by atoms with Gasteiger partial charge in [-0.05, 0) is 12.1 Å². The molecular weight excluding hydrogens is 124 g/mol. The van der Waals surface area contributed by atoms with Gasteiger partial charge in [0.1, 0.15) is 0 Å². The van der Waals surface area contributed by atoms with Gasteiger partial charge in [-0.25, -0.2) is 0 Å². The molecule has 0 aromatic heterocycles. The predicted molar refractivity (Wildman–Crippen MR) is 29.4 cm³/mol. The molecule has 0 aromatic carbocycles. The van der Waals surface area contributed by atoms with E-state index in [1.54, 1.807) is 5.64 Å². The molecule has 0 heterocycles. The van der Waals surface area contributed by atoms with Gasteiger partial charge in [-0.3, -0.25) is 4.79 Å². The zero-order valence-corrected chi connectivity index (χ0v) is 5.22. The first-order valence-corrected chi connectivity index (χ1v) is 2.61. The average molecular weight is 134 g/mol. The van der Waals surface area contributed by atoms with E-state index in [1.807, 2.05) is 6.92 Å². The molecule has 0 aliphatic heterocycles. The van der Waals surface area contributed by atoms with Crippen molar-refractivity contribution in [1.29, 1.82) is 0 Å². The van der Waals surface area contributed by atoms with Crippen LogP contribution < -0.4 is 11.5 Å². The van der Waals surface area contributed by atoms with Gasteiger partial charge in [0, 0.05) is 6.42 Å². The number of hydrogen-bond donors (Lipinski definition) is 2. The highest BCUT2D eigenvalue weighted by molar-refractivity contribution is 5.68. The quantitative estimate of drug-likeness (QED) is 0.513. The lowest BCUT2D eigenvalue weighted by Gasteiger charge is -1.98. The van der Waals surface area contributed by atoms with E-state index >= 15 is 0 Å². The van der Waals surface area contributed by atoms with Crippen molar-refractivity contribution in [2.75, 3.05) is 0 Å². The molecule has 0 fully saturated rings. The van der Waals surface area contributed by atoms with Gasteiger partial charge >= 0.3 is 5.97 Å². The second-order valence-corrected chi connectivity index (χ2v) is 1.43. The van der Waals surface area contributed by atoms with Crippen LogP contribution in [0.25, 0.3) is 0 Å². The van der Waals surface area contributed by atoms with E-state index in [4.69, 9.17) is 0 Å². The molecule has 0 saturated carbocycles. The standard InChI is InChI=1S/C4H10N2O3/c1-2-3-4(7)8-6-9-5/h6H,2-3,5H2,1H3. The SMILES string of the molecule is CCCC(=O)ONON. The Bertz CT molecular complexity index is 85.9. The van der Waals surface area contributed by atoms with Crippen molar-refractivity contribution in [2.45, 2.75) is 19.8 Å². The van der Waals surface area contributed by atoms with E-state index in [2.05, 4.69) is 15.7 Å². The molecule has 0 bridgehead atoms. The third-order valence-electron chi connectivity index (χ3n) is 0.658. The fourth-order valence-corrected chi connectivity index (χ4v) is 0.326. The Hall–Kier alpha value is -0.650. The minimum absolute atomic E-state index is 0.357. The Morgan fingerprint density at radius 3 is 2.89 bits per heavy atom. The summed E-state index contributed by atoms with van der Waals surface area (Å²) in [5, 5.41) is 0. The van der Waals surface area contributed by atoms with Crippen LogP contribution in [0.15, 0.2) is 0 Å². The monoisotopic (exact) mass is 134 g/mol. The van der Waals surface area contributed by atoms with E-state index < -0.39 is 0 Å². The van der Waals surface area contributed by atoms with Crippen LogP contribution in [0.2, 0.25) is 0 Å². The van der Waals surface area contributed by atoms with E-state index in [0.717, 1.165) is 6.42 Å². The maximum absolute atomic E-state index is 10.4. The number of carbonyl (C=O) groups is 1. The normalized spacial score (nSPS) is 9.11. The Labute approximate surface area is 53.0 Å². The highest BCUT2D eigenvalue weighted by Gasteiger charge is 1.97. The van der Waals surface area contributed by atoms with Crippen molar-refractivity contribution in [1.82, 2.24) is 5.64 Å². The van der Waals surface area contributed by atoms with E-state index in [0.29, 0.717) is 6.42 Å².